The van der Waals surface area contributed by atoms with Crippen LogP contribution in [0.25, 0.3) is 16.9 Å². The van der Waals surface area contributed by atoms with Crippen molar-refractivity contribution >= 4 is 34.1 Å². The number of ether oxygens (including phenoxy) is 1. The fraction of sp³-hybridized carbons (Fsp3) is 0.333. The number of hydrogen-bond acceptors (Lipinski definition) is 9. The molecule has 1 atom stereocenters. The Bertz CT molecular complexity index is 1640. The number of nitrogens with two attached hydrogens (primary N) is 1. The van der Waals surface area contributed by atoms with Crippen molar-refractivity contribution in [3.05, 3.63) is 76.9 Å². The van der Waals surface area contributed by atoms with Crippen molar-refractivity contribution in [1.82, 2.24) is 24.0 Å². The van der Waals surface area contributed by atoms with Crippen LogP contribution in [-0.4, -0.2) is 71.1 Å². The zero-order chi connectivity index (χ0) is 29.8. The van der Waals surface area contributed by atoms with E-state index in [4.69, 9.17) is 10.5 Å². The Kier molecular flexibility index (Phi) is 8.89. The molecule has 0 saturated heterocycles. The molecule has 1 unspecified atom stereocenters. The van der Waals surface area contributed by atoms with Crippen LogP contribution in [0.2, 0.25) is 0 Å². The first-order valence-electron chi connectivity index (χ1n) is 13.3. The van der Waals surface area contributed by atoms with Crippen LogP contribution in [0.15, 0.2) is 60.0 Å². The SMILES string of the molecule is C=CC(=O)CC(N)c1cc(Nc2nccc(-n3c(=O)n(C)c4cc(C)ccc43)n2)c(OC)cc1N(C)CCN(C)C. The van der Waals surface area contributed by atoms with Gasteiger partial charge in [-0.2, -0.15) is 4.98 Å². The Morgan fingerprint density at radius 2 is 1.93 bits per heavy atom. The molecule has 0 aliphatic rings. The lowest BCUT2D eigenvalue weighted by molar-refractivity contribution is -0.114. The molecule has 11 nitrogen and oxygen atoms in total. The number of hydrogen-bond donors (Lipinski definition) is 2. The quantitative estimate of drug-likeness (QED) is 0.252. The fourth-order valence-corrected chi connectivity index (χ4v) is 4.68. The minimum Gasteiger partial charge on any atom is -0.494 e. The number of anilines is 3. The second-order valence-corrected chi connectivity index (χ2v) is 10.3. The van der Waals surface area contributed by atoms with Crippen molar-refractivity contribution in [3.8, 4) is 11.6 Å². The molecule has 0 fully saturated rings. The van der Waals surface area contributed by atoms with Gasteiger partial charge in [0, 0.05) is 63.7 Å². The highest BCUT2D eigenvalue weighted by Gasteiger charge is 2.21. The molecule has 0 saturated carbocycles. The van der Waals surface area contributed by atoms with Crippen LogP contribution in [-0.2, 0) is 11.8 Å². The second kappa shape index (κ2) is 12.4. The van der Waals surface area contributed by atoms with Crippen molar-refractivity contribution in [2.45, 2.75) is 19.4 Å². The highest BCUT2D eigenvalue weighted by molar-refractivity contribution is 5.90. The fourth-order valence-electron chi connectivity index (χ4n) is 4.68. The van der Waals surface area contributed by atoms with E-state index in [9.17, 15) is 9.59 Å². The van der Waals surface area contributed by atoms with Crippen LogP contribution < -0.4 is 26.4 Å². The average Bonchev–Trinajstić information content (AvgIpc) is 3.20. The maximum Gasteiger partial charge on any atom is 0.334 e. The molecular weight excluding hydrogens is 520 g/mol. The normalized spacial score (nSPS) is 12.0. The Labute approximate surface area is 239 Å². The number of fused-ring (bicyclic) bond motifs is 1. The molecule has 0 radical (unpaired) electrons. The third-order valence-corrected chi connectivity index (χ3v) is 7.02. The van der Waals surface area contributed by atoms with Crippen LogP contribution >= 0.6 is 0 Å². The average molecular weight is 559 g/mol. The number of rotatable bonds is 12. The number of allylic oxidation sites excluding steroid dienone is 1. The van der Waals surface area contributed by atoms with Gasteiger partial charge < -0.3 is 25.6 Å². The second-order valence-electron chi connectivity index (χ2n) is 10.3. The molecule has 41 heavy (non-hydrogen) atoms. The number of nitrogens with zero attached hydrogens (tertiary/aromatic N) is 6. The summed E-state index contributed by atoms with van der Waals surface area (Å²) >= 11 is 0. The van der Waals surface area contributed by atoms with E-state index in [0.717, 1.165) is 40.9 Å². The maximum absolute atomic E-state index is 13.2. The van der Waals surface area contributed by atoms with Gasteiger partial charge in [0.05, 0.1) is 23.8 Å². The molecule has 2 aromatic heterocycles. The number of ketones is 1. The number of aryl methyl sites for hydroxylation is 2. The minimum absolute atomic E-state index is 0.110. The van der Waals surface area contributed by atoms with Gasteiger partial charge in [0.2, 0.25) is 5.95 Å². The molecule has 0 amide bonds. The molecule has 2 heterocycles. The van der Waals surface area contributed by atoms with E-state index < -0.39 is 6.04 Å². The van der Waals surface area contributed by atoms with Gasteiger partial charge in [-0.25, -0.2) is 14.3 Å². The summed E-state index contributed by atoms with van der Waals surface area (Å²) in [6.45, 7) is 7.13. The monoisotopic (exact) mass is 558 g/mol. The minimum atomic E-state index is -0.575. The topological polar surface area (TPSA) is 124 Å². The van der Waals surface area contributed by atoms with Gasteiger partial charge in [-0.1, -0.05) is 12.6 Å². The summed E-state index contributed by atoms with van der Waals surface area (Å²) in [7, 11) is 9.33. The summed E-state index contributed by atoms with van der Waals surface area (Å²) in [6, 6.07) is 10.7. The summed E-state index contributed by atoms with van der Waals surface area (Å²) in [5.74, 6) is 1.10. The molecule has 0 bridgehead atoms. The third-order valence-electron chi connectivity index (χ3n) is 7.02. The first-order chi connectivity index (χ1) is 19.5. The highest BCUT2D eigenvalue weighted by atomic mass is 16.5. The van der Waals surface area contributed by atoms with Crippen LogP contribution in [0.3, 0.4) is 0 Å². The van der Waals surface area contributed by atoms with Gasteiger partial charge in [0.25, 0.3) is 0 Å². The number of nitrogens with one attached hydrogen (secondary N) is 1. The lowest BCUT2D eigenvalue weighted by Crippen LogP contribution is -2.30. The molecule has 0 aliphatic carbocycles. The third kappa shape index (κ3) is 6.31. The zero-order valence-electron chi connectivity index (χ0n) is 24.5. The molecule has 4 aromatic rings. The number of benzene rings is 2. The van der Waals surface area contributed by atoms with Crippen LogP contribution in [0.5, 0.6) is 5.75 Å². The number of carbonyl (C=O) groups is 1. The molecule has 0 spiro atoms. The summed E-state index contributed by atoms with van der Waals surface area (Å²) in [5.41, 5.74) is 11.2. The van der Waals surface area contributed by atoms with Gasteiger partial charge in [0.1, 0.15) is 11.6 Å². The number of methoxy groups -OCH3 is 1. The van der Waals surface area contributed by atoms with Crippen LogP contribution in [0.1, 0.15) is 23.6 Å². The van der Waals surface area contributed by atoms with Crippen molar-refractivity contribution in [2.24, 2.45) is 12.8 Å². The Balaban J connectivity index is 1.76. The Hall–Kier alpha value is -4.48. The molecule has 0 aliphatic heterocycles. The molecule has 2 aromatic carbocycles. The first-order valence-corrected chi connectivity index (χ1v) is 13.3. The molecular formula is C30H38N8O3. The Morgan fingerprint density at radius 3 is 2.61 bits per heavy atom. The largest absolute Gasteiger partial charge is 0.494 e. The standard InChI is InChI=1S/C30H38N8O3/c1-8-20(39)16-22(31)21-17-23(27(41-7)18-25(21)36(5)14-13-35(3)4)33-29-32-12-11-28(34-29)38-24-10-9-19(2)15-26(24)37(6)30(38)40/h8-12,15,17-18,22H,1,13-14,16,31H2,2-7H3,(H,32,33,34). The number of carbonyl (C=O) groups excluding carboxylic acids is 1. The molecule has 4 rings (SSSR count). The van der Waals surface area contributed by atoms with Crippen LogP contribution in [0, 0.1) is 6.92 Å². The summed E-state index contributed by atoms with van der Waals surface area (Å²) in [5, 5.41) is 3.24. The van der Waals surface area contributed by atoms with Crippen LogP contribution in [0.4, 0.5) is 17.3 Å². The number of likely N-dealkylation sites (N-methyl/N-ethyl adjacent to an activating group) is 2. The zero-order valence-corrected chi connectivity index (χ0v) is 24.5. The van der Waals surface area contributed by atoms with Crippen molar-refractivity contribution in [2.75, 3.05) is 51.6 Å². The van der Waals surface area contributed by atoms with Crippen molar-refractivity contribution in [3.63, 3.8) is 0 Å². The van der Waals surface area contributed by atoms with Crippen molar-refractivity contribution < 1.29 is 9.53 Å². The van der Waals surface area contributed by atoms with E-state index in [2.05, 4.69) is 31.7 Å². The summed E-state index contributed by atoms with van der Waals surface area (Å²) in [6.07, 6.45) is 2.99. The number of imidazole rings is 1. The number of aromatic nitrogens is 4. The van der Waals surface area contributed by atoms with Gasteiger partial charge in [-0.15, -0.1) is 0 Å². The highest BCUT2D eigenvalue weighted by Crippen LogP contribution is 2.38. The first kappa shape index (κ1) is 29.5. The van der Waals surface area contributed by atoms with E-state index in [1.807, 2.05) is 58.4 Å². The van der Waals surface area contributed by atoms with E-state index in [0.29, 0.717) is 17.3 Å². The molecule has 11 heteroatoms. The van der Waals surface area contributed by atoms with Gasteiger partial charge >= 0.3 is 5.69 Å². The van der Waals surface area contributed by atoms with Crippen molar-refractivity contribution in [1.29, 1.82) is 0 Å². The molecule has 3 N–H and O–H groups in total. The summed E-state index contributed by atoms with van der Waals surface area (Å²) in [4.78, 5) is 38.6. The van der Waals surface area contributed by atoms with Gasteiger partial charge in [-0.3, -0.25) is 9.36 Å². The lowest BCUT2D eigenvalue weighted by Gasteiger charge is -2.28. The van der Waals surface area contributed by atoms with E-state index >= 15 is 0 Å². The Morgan fingerprint density at radius 1 is 1.17 bits per heavy atom. The molecule has 216 valence electrons. The van der Waals surface area contributed by atoms with E-state index in [1.165, 1.54) is 6.08 Å². The summed E-state index contributed by atoms with van der Waals surface area (Å²) < 4.78 is 8.90. The van der Waals surface area contributed by atoms with Gasteiger partial charge in [-0.05, 0) is 56.4 Å². The predicted molar refractivity (Wildman–Crippen MR) is 164 cm³/mol. The predicted octanol–water partition coefficient (Wildman–Crippen LogP) is 3.32. The smallest absolute Gasteiger partial charge is 0.334 e. The van der Waals surface area contributed by atoms with Gasteiger partial charge in [0.15, 0.2) is 5.78 Å². The van der Waals surface area contributed by atoms with E-state index in [1.54, 1.807) is 35.6 Å². The van der Waals surface area contributed by atoms with E-state index in [-0.39, 0.29) is 23.8 Å². The maximum atomic E-state index is 13.2. The lowest BCUT2D eigenvalue weighted by atomic mass is 9.98.